The van der Waals surface area contributed by atoms with Crippen LogP contribution in [0, 0.1) is 0 Å². The second kappa shape index (κ2) is 14.9. The molecule has 0 amide bonds. The molecule has 0 bridgehead atoms. The zero-order valence-electron chi connectivity index (χ0n) is 21.8. The fraction of sp³-hybridized carbons (Fsp3) is 0.464. The highest BCUT2D eigenvalue weighted by Gasteiger charge is 2.47. The van der Waals surface area contributed by atoms with Gasteiger partial charge in [-0.2, -0.15) is 0 Å². The summed E-state index contributed by atoms with van der Waals surface area (Å²) in [5.74, 6) is -1.16. The monoisotopic (exact) mass is 526 g/mol. The Morgan fingerprint density at radius 2 is 1.45 bits per heavy atom. The fourth-order valence-electron chi connectivity index (χ4n) is 3.84. The van der Waals surface area contributed by atoms with E-state index < -0.39 is 30.4 Å². The van der Waals surface area contributed by atoms with Gasteiger partial charge in [-0.1, -0.05) is 43.7 Å². The van der Waals surface area contributed by atoms with E-state index >= 15 is 0 Å². The van der Waals surface area contributed by atoms with Gasteiger partial charge in [0.15, 0.2) is 24.3 Å². The predicted octanol–water partition coefficient (Wildman–Crippen LogP) is 3.88. The third-order valence-electron chi connectivity index (χ3n) is 5.77. The van der Waals surface area contributed by atoms with Crippen LogP contribution in [0.15, 0.2) is 49.3 Å². The second-order valence-corrected chi connectivity index (χ2v) is 8.52. The van der Waals surface area contributed by atoms with Gasteiger partial charge >= 0.3 is 17.9 Å². The van der Waals surface area contributed by atoms with E-state index in [-0.39, 0.29) is 19.2 Å². The lowest BCUT2D eigenvalue weighted by Crippen LogP contribution is -2.39. The minimum atomic E-state index is -1.20. The normalized spacial score (nSPS) is 17.1. The Bertz CT molecular complexity index is 1050. The molecule has 1 fully saturated rings. The van der Waals surface area contributed by atoms with E-state index in [2.05, 4.69) is 16.5 Å². The van der Waals surface area contributed by atoms with Crippen LogP contribution in [0.4, 0.5) is 0 Å². The number of hydrogen-bond acceptors (Lipinski definition) is 10. The largest absolute Gasteiger partial charge is 0.464 e. The lowest BCUT2D eigenvalue weighted by atomic mass is 10.1. The number of unbranched alkanes of at least 4 members (excludes halogenated alkanes) is 3. The van der Waals surface area contributed by atoms with Crippen LogP contribution in [0.5, 0.6) is 0 Å². The van der Waals surface area contributed by atoms with Crippen LogP contribution in [0.25, 0.3) is 11.4 Å². The molecule has 1 saturated heterocycles. The average Bonchev–Trinajstić information content (AvgIpc) is 3.39. The first-order valence-corrected chi connectivity index (χ1v) is 12.8. The Hall–Kier alpha value is -3.63. The minimum absolute atomic E-state index is 0.154. The van der Waals surface area contributed by atoms with Crippen molar-refractivity contribution in [2.75, 3.05) is 19.8 Å². The molecule has 2 aromatic rings. The highest BCUT2D eigenvalue weighted by atomic mass is 16.8. The number of aromatic nitrogens is 2. The molecule has 0 radical (unpaired) electrons. The van der Waals surface area contributed by atoms with Crippen LogP contribution < -0.4 is 0 Å². The van der Waals surface area contributed by atoms with Crippen LogP contribution in [-0.2, 0) is 44.5 Å². The lowest BCUT2D eigenvalue weighted by molar-refractivity contribution is -0.163. The predicted molar refractivity (Wildman–Crippen MR) is 137 cm³/mol. The molecule has 10 heteroatoms. The summed E-state index contributed by atoms with van der Waals surface area (Å²) in [6, 6.07) is 7.21. The van der Waals surface area contributed by atoms with Gasteiger partial charge in [-0.15, -0.1) is 0 Å². The summed E-state index contributed by atoms with van der Waals surface area (Å²) in [4.78, 5) is 44.6. The molecular formula is C28H34N2O8. The first kappa shape index (κ1) is 28.9. The third-order valence-corrected chi connectivity index (χ3v) is 5.77. The summed E-state index contributed by atoms with van der Waals surface area (Å²) in [6.07, 6.45) is 6.16. The molecule has 1 aromatic carbocycles. The fourth-order valence-corrected chi connectivity index (χ4v) is 3.84. The molecule has 1 aliphatic heterocycles. The molecule has 0 unspecified atom stereocenters. The number of carbonyl (C=O) groups is 3. The lowest BCUT2D eigenvalue weighted by Gasteiger charge is -2.13. The molecule has 0 spiro atoms. The maximum atomic E-state index is 12.3. The molecule has 2 heterocycles. The topological polar surface area (TPSA) is 123 Å². The van der Waals surface area contributed by atoms with E-state index in [0.717, 1.165) is 43.2 Å². The smallest absolute Gasteiger partial charge is 0.338 e. The molecule has 0 aliphatic carbocycles. The number of benzene rings is 1. The SMILES string of the molecule is C=CC(=O)OCCCCCCc1cnc(-c2ccc(C3O[C@@H](C(=O)OCC)[C@H](C(=O)OCC)O3)cc2)nc1. The number of hydrogen-bond donors (Lipinski definition) is 0. The summed E-state index contributed by atoms with van der Waals surface area (Å²) in [5, 5.41) is 0. The van der Waals surface area contributed by atoms with Crippen LogP contribution in [-0.4, -0.2) is 59.9 Å². The summed E-state index contributed by atoms with van der Waals surface area (Å²) < 4.78 is 26.5. The molecule has 1 aromatic heterocycles. The minimum Gasteiger partial charge on any atom is -0.464 e. The Kier molecular flexibility index (Phi) is 11.4. The molecule has 0 N–H and O–H groups in total. The third kappa shape index (κ3) is 8.19. The van der Waals surface area contributed by atoms with Gasteiger partial charge in [-0.25, -0.2) is 24.4 Å². The van der Waals surface area contributed by atoms with Crippen LogP contribution in [0.1, 0.15) is 56.9 Å². The molecular weight excluding hydrogens is 492 g/mol. The van der Waals surface area contributed by atoms with Crippen molar-refractivity contribution in [2.45, 2.75) is 64.4 Å². The van der Waals surface area contributed by atoms with Gasteiger partial charge in [0.2, 0.25) is 0 Å². The van der Waals surface area contributed by atoms with Gasteiger partial charge in [-0.3, -0.25) is 0 Å². The summed E-state index contributed by atoms with van der Waals surface area (Å²) in [6.45, 7) is 7.44. The van der Waals surface area contributed by atoms with Crippen molar-refractivity contribution in [1.82, 2.24) is 9.97 Å². The quantitative estimate of drug-likeness (QED) is 0.155. The zero-order chi connectivity index (χ0) is 27.3. The zero-order valence-corrected chi connectivity index (χ0v) is 21.8. The summed E-state index contributed by atoms with van der Waals surface area (Å²) >= 11 is 0. The highest BCUT2D eigenvalue weighted by Crippen LogP contribution is 2.33. The Labute approximate surface area is 222 Å². The van der Waals surface area contributed by atoms with Gasteiger partial charge in [0, 0.05) is 29.6 Å². The number of carbonyl (C=O) groups excluding carboxylic acids is 3. The van der Waals surface area contributed by atoms with Crippen molar-refractivity contribution < 1.29 is 38.1 Å². The van der Waals surface area contributed by atoms with Crippen molar-refractivity contribution in [1.29, 1.82) is 0 Å². The van der Waals surface area contributed by atoms with E-state index in [1.807, 2.05) is 24.5 Å². The second-order valence-electron chi connectivity index (χ2n) is 8.52. The van der Waals surface area contributed by atoms with E-state index in [1.54, 1.807) is 26.0 Å². The van der Waals surface area contributed by atoms with Gasteiger partial charge < -0.3 is 23.7 Å². The molecule has 3 rings (SSSR count). The van der Waals surface area contributed by atoms with Crippen molar-refractivity contribution in [3.63, 3.8) is 0 Å². The van der Waals surface area contributed by atoms with Gasteiger partial charge in [0.25, 0.3) is 0 Å². The Morgan fingerprint density at radius 1 is 0.868 bits per heavy atom. The molecule has 204 valence electrons. The highest BCUT2D eigenvalue weighted by molar-refractivity contribution is 5.86. The molecule has 0 saturated carbocycles. The van der Waals surface area contributed by atoms with Crippen LogP contribution in [0.3, 0.4) is 0 Å². The van der Waals surface area contributed by atoms with Crippen molar-refractivity contribution in [2.24, 2.45) is 0 Å². The van der Waals surface area contributed by atoms with Crippen LogP contribution in [0.2, 0.25) is 0 Å². The first-order valence-electron chi connectivity index (χ1n) is 12.8. The van der Waals surface area contributed by atoms with E-state index in [4.69, 9.17) is 23.7 Å². The Morgan fingerprint density at radius 3 is 2.00 bits per heavy atom. The molecule has 38 heavy (non-hydrogen) atoms. The molecule has 1 aliphatic rings. The maximum absolute atomic E-state index is 12.3. The van der Waals surface area contributed by atoms with Crippen molar-refractivity contribution >= 4 is 17.9 Å². The Balaban J connectivity index is 1.52. The molecule has 10 nitrogen and oxygen atoms in total. The van der Waals surface area contributed by atoms with E-state index in [1.165, 1.54) is 6.08 Å². The van der Waals surface area contributed by atoms with Gasteiger partial charge in [0.05, 0.1) is 19.8 Å². The summed E-state index contributed by atoms with van der Waals surface area (Å²) in [5.41, 5.74) is 2.48. The average molecular weight is 527 g/mol. The van der Waals surface area contributed by atoms with Crippen LogP contribution >= 0.6 is 0 Å². The van der Waals surface area contributed by atoms with Gasteiger partial charge in [-0.05, 0) is 38.7 Å². The number of rotatable bonds is 14. The summed E-state index contributed by atoms with van der Waals surface area (Å²) in [7, 11) is 0. The number of nitrogens with zero attached hydrogens (tertiary/aromatic N) is 2. The van der Waals surface area contributed by atoms with Crippen molar-refractivity contribution in [3.05, 3.63) is 60.4 Å². The standard InChI is InChI=1S/C28H34N2O8/c1-4-22(31)36-16-10-8-7-9-11-19-17-29-25(30-18-19)20-12-14-21(15-13-20)28-37-23(26(32)34-5-2)24(38-28)27(33)35-6-3/h4,12-15,17-18,23-24,28H,1,5-11,16H2,2-3H3/t23-,24-/m1/s1. The first-order chi connectivity index (χ1) is 18.5. The number of aryl methyl sites for hydroxylation is 1. The van der Waals surface area contributed by atoms with E-state index in [0.29, 0.717) is 18.0 Å². The maximum Gasteiger partial charge on any atom is 0.338 e. The number of esters is 3. The van der Waals surface area contributed by atoms with E-state index in [9.17, 15) is 14.4 Å². The number of ether oxygens (including phenoxy) is 5. The van der Waals surface area contributed by atoms with Gasteiger partial charge in [0.1, 0.15) is 0 Å². The molecule has 2 atom stereocenters. The van der Waals surface area contributed by atoms with Crippen molar-refractivity contribution in [3.8, 4) is 11.4 Å².